The van der Waals surface area contributed by atoms with Crippen molar-refractivity contribution in [3.63, 3.8) is 0 Å². The zero-order valence-corrected chi connectivity index (χ0v) is 10.4. The zero-order chi connectivity index (χ0) is 12.9. The van der Waals surface area contributed by atoms with E-state index in [-0.39, 0.29) is 11.8 Å². The number of thioether (sulfide) groups is 1. The Morgan fingerprint density at radius 3 is 2.31 bits per heavy atom. The Morgan fingerprint density at radius 1 is 1.50 bits per heavy atom. The van der Waals surface area contributed by atoms with Gasteiger partial charge >= 0.3 is 11.2 Å². The number of aliphatic carboxylic acids is 1. The molecule has 0 unspecified atom stereocenters. The Kier molecular flexibility index (Phi) is 6.35. The van der Waals surface area contributed by atoms with E-state index in [2.05, 4.69) is 0 Å². The molecule has 0 fully saturated rings. The summed E-state index contributed by atoms with van der Waals surface area (Å²) in [6, 6.07) is -1.40. The fraction of sp³-hybridized carbons (Fsp3) is 0.714. The molecule has 0 heterocycles. The van der Waals surface area contributed by atoms with Gasteiger partial charge in [0.05, 0.1) is 0 Å². The summed E-state index contributed by atoms with van der Waals surface area (Å²) in [5, 5.41) is 7.17. The summed E-state index contributed by atoms with van der Waals surface area (Å²) in [6.45, 7) is 1.09. The van der Waals surface area contributed by atoms with Crippen LogP contribution in [0.25, 0.3) is 0 Å². The number of halogens is 4. The van der Waals surface area contributed by atoms with Crippen molar-refractivity contribution in [3.05, 3.63) is 0 Å². The normalized spacial score (nSPS) is 13.6. The first-order valence-electron chi connectivity index (χ1n) is 3.96. The number of alkyl halides is 4. The van der Waals surface area contributed by atoms with E-state index >= 15 is 0 Å². The van der Waals surface area contributed by atoms with E-state index in [9.17, 15) is 18.4 Å². The maximum Gasteiger partial charge on any atom is 0.327 e. The predicted octanol–water partition coefficient (Wildman–Crippen LogP) is 1.71. The first-order chi connectivity index (χ1) is 7.16. The van der Waals surface area contributed by atoms with Crippen molar-refractivity contribution < 1.29 is 23.5 Å². The highest BCUT2D eigenvalue weighted by atomic mass is 35.5. The van der Waals surface area contributed by atoms with Gasteiger partial charge in [-0.2, -0.15) is 8.78 Å². The number of nitrogens with one attached hydrogen (secondary N) is 1. The second kappa shape index (κ2) is 6.46. The van der Waals surface area contributed by atoms with Crippen LogP contribution in [-0.4, -0.2) is 38.9 Å². The van der Waals surface area contributed by atoms with E-state index in [1.54, 1.807) is 0 Å². The molecule has 1 amide bonds. The molecule has 9 heteroatoms. The lowest BCUT2D eigenvalue weighted by atomic mass is 10.3. The Labute approximate surface area is 105 Å². The molecule has 0 radical (unpaired) electrons. The standard InChI is InChI=1S/C7H9Cl2F2NO3S/c1-3(13)12-4(5(14)15)2-16-7(10,11)6(8)9/h4,6H,2H2,1H3,(H,12,13)(H,14,15)/t4-/m0/s1. The molecular weight excluding hydrogens is 287 g/mol. The Balaban J connectivity index is 4.33. The first kappa shape index (κ1) is 15.7. The van der Waals surface area contributed by atoms with Gasteiger partial charge in [-0.25, -0.2) is 4.79 Å². The summed E-state index contributed by atoms with van der Waals surface area (Å²) in [4.78, 5) is 19.2. The third-order valence-corrected chi connectivity index (χ3v) is 3.30. The van der Waals surface area contributed by atoms with Gasteiger partial charge in [-0.05, 0) is 0 Å². The van der Waals surface area contributed by atoms with Gasteiger partial charge in [-0.3, -0.25) is 4.79 Å². The molecule has 94 valence electrons. The van der Waals surface area contributed by atoms with Crippen LogP contribution in [0.15, 0.2) is 0 Å². The average Bonchev–Trinajstić information content (AvgIpc) is 2.10. The molecule has 16 heavy (non-hydrogen) atoms. The fourth-order valence-electron chi connectivity index (χ4n) is 0.677. The van der Waals surface area contributed by atoms with Crippen LogP contribution in [-0.2, 0) is 9.59 Å². The molecule has 1 atom stereocenters. The molecule has 0 rings (SSSR count). The van der Waals surface area contributed by atoms with Crippen molar-refractivity contribution in [1.82, 2.24) is 5.32 Å². The Hall–Kier alpha value is -0.270. The highest BCUT2D eigenvalue weighted by Crippen LogP contribution is 2.37. The predicted molar refractivity (Wildman–Crippen MR) is 58.1 cm³/mol. The molecule has 0 aliphatic carbocycles. The van der Waals surface area contributed by atoms with E-state index < -0.39 is 33.8 Å². The number of rotatable bonds is 6. The Bertz CT molecular complexity index is 278. The summed E-state index contributed by atoms with van der Waals surface area (Å²) >= 11 is 9.97. The number of hydrogen-bond acceptors (Lipinski definition) is 3. The molecule has 0 spiro atoms. The molecule has 4 nitrogen and oxygen atoms in total. The van der Waals surface area contributed by atoms with Crippen LogP contribution in [0.5, 0.6) is 0 Å². The van der Waals surface area contributed by atoms with Crippen molar-refractivity contribution in [2.75, 3.05) is 5.75 Å². The summed E-state index contributed by atoms with van der Waals surface area (Å²) < 4.78 is 25.8. The number of carbonyl (C=O) groups excluding carboxylic acids is 1. The van der Waals surface area contributed by atoms with Gasteiger partial charge in [0, 0.05) is 12.7 Å². The van der Waals surface area contributed by atoms with Gasteiger partial charge in [-0.1, -0.05) is 35.0 Å². The van der Waals surface area contributed by atoms with Crippen molar-refractivity contribution >= 4 is 46.8 Å². The second-order valence-corrected chi connectivity index (χ2v) is 5.03. The third-order valence-electron chi connectivity index (χ3n) is 1.37. The summed E-state index contributed by atoms with van der Waals surface area (Å²) in [5.74, 6) is -2.55. The van der Waals surface area contributed by atoms with E-state index in [4.69, 9.17) is 28.3 Å². The van der Waals surface area contributed by atoms with E-state index in [1.165, 1.54) is 0 Å². The summed E-state index contributed by atoms with van der Waals surface area (Å²) in [5.41, 5.74) is 0. The first-order valence-corrected chi connectivity index (χ1v) is 5.82. The third kappa shape index (κ3) is 5.72. The van der Waals surface area contributed by atoms with Crippen molar-refractivity contribution in [1.29, 1.82) is 0 Å². The molecule has 0 aliphatic heterocycles. The highest BCUT2D eigenvalue weighted by Gasteiger charge is 2.39. The lowest BCUT2D eigenvalue weighted by Gasteiger charge is -2.19. The lowest BCUT2D eigenvalue weighted by Crippen LogP contribution is -2.42. The molecule has 0 aromatic carbocycles. The molecule has 0 aliphatic rings. The monoisotopic (exact) mass is 295 g/mol. The van der Waals surface area contributed by atoms with Crippen LogP contribution in [0.3, 0.4) is 0 Å². The van der Waals surface area contributed by atoms with Gasteiger partial charge < -0.3 is 10.4 Å². The molecule has 0 aromatic heterocycles. The molecule has 0 aromatic rings. The number of amides is 1. The topological polar surface area (TPSA) is 66.4 Å². The van der Waals surface area contributed by atoms with Crippen molar-refractivity contribution in [2.45, 2.75) is 23.1 Å². The van der Waals surface area contributed by atoms with Crippen LogP contribution < -0.4 is 5.32 Å². The van der Waals surface area contributed by atoms with E-state index in [0.29, 0.717) is 0 Å². The SMILES string of the molecule is CC(=O)N[C@@H](CSC(F)(F)C(Cl)Cl)C(=O)O. The molecule has 0 bridgehead atoms. The van der Waals surface area contributed by atoms with Gasteiger partial charge in [0.25, 0.3) is 0 Å². The molecule has 2 N–H and O–H groups in total. The quantitative estimate of drug-likeness (QED) is 0.732. The van der Waals surface area contributed by atoms with Crippen LogP contribution in [0, 0.1) is 0 Å². The van der Waals surface area contributed by atoms with Crippen LogP contribution in [0.4, 0.5) is 8.78 Å². The molecule has 0 saturated carbocycles. The van der Waals surface area contributed by atoms with E-state index in [1.807, 2.05) is 5.32 Å². The highest BCUT2D eigenvalue weighted by molar-refractivity contribution is 8.00. The Morgan fingerprint density at radius 2 is 2.00 bits per heavy atom. The van der Waals surface area contributed by atoms with Gasteiger partial charge in [0.2, 0.25) is 5.91 Å². The maximum absolute atomic E-state index is 12.9. The lowest BCUT2D eigenvalue weighted by molar-refractivity contribution is -0.140. The summed E-state index contributed by atoms with van der Waals surface area (Å²) in [7, 11) is 0. The van der Waals surface area contributed by atoms with Crippen molar-refractivity contribution in [3.8, 4) is 0 Å². The number of hydrogen-bond donors (Lipinski definition) is 2. The number of carboxylic acids is 1. The minimum atomic E-state index is -3.46. The van der Waals surface area contributed by atoms with Crippen LogP contribution in [0.2, 0.25) is 0 Å². The van der Waals surface area contributed by atoms with Gasteiger partial charge in [0.15, 0.2) is 4.84 Å². The minimum Gasteiger partial charge on any atom is -0.480 e. The average molecular weight is 296 g/mol. The molecule has 0 saturated heterocycles. The van der Waals surface area contributed by atoms with Gasteiger partial charge in [0.1, 0.15) is 6.04 Å². The smallest absolute Gasteiger partial charge is 0.327 e. The van der Waals surface area contributed by atoms with Crippen LogP contribution >= 0.6 is 35.0 Å². The summed E-state index contributed by atoms with van der Waals surface area (Å²) in [6.07, 6.45) is 0. The number of carbonyl (C=O) groups is 2. The molecular formula is C7H9Cl2F2NO3S. The number of carboxylic acid groups (broad SMARTS) is 1. The maximum atomic E-state index is 12.9. The van der Waals surface area contributed by atoms with Crippen LogP contribution in [0.1, 0.15) is 6.92 Å². The van der Waals surface area contributed by atoms with Crippen molar-refractivity contribution in [2.24, 2.45) is 0 Å². The van der Waals surface area contributed by atoms with Gasteiger partial charge in [-0.15, -0.1) is 0 Å². The fourth-order valence-corrected chi connectivity index (χ4v) is 1.80. The minimum absolute atomic E-state index is 0.0275. The largest absolute Gasteiger partial charge is 0.480 e. The zero-order valence-electron chi connectivity index (χ0n) is 8.05. The second-order valence-electron chi connectivity index (χ2n) is 2.76. The van der Waals surface area contributed by atoms with E-state index in [0.717, 1.165) is 6.92 Å².